The maximum absolute atomic E-state index is 12.5. The number of amides is 1. The fraction of sp³-hybridized carbons (Fsp3) is 0.233. The van der Waals surface area contributed by atoms with Crippen LogP contribution in [0.25, 0.3) is 16.9 Å². The van der Waals surface area contributed by atoms with Gasteiger partial charge in [-0.25, -0.2) is 19.5 Å². The average molecular weight is 576 g/mol. The van der Waals surface area contributed by atoms with Crippen LogP contribution in [0.1, 0.15) is 29.7 Å². The molecule has 1 fully saturated rings. The Morgan fingerprint density at radius 2 is 2.00 bits per heavy atom. The molecular weight excluding hydrogens is 546 g/mol. The van der Waals surface area contributed by atoms with Crippen molar-refractivity contribution in [2.24, 2.45) is 0 Å². The van der Waals surface area contributed by atoms with Crippen LogP contribution in [0, 0.1) is 11.8 Å². The Bertz CT molecular complexity index is 1810. The smallest absolute Gasteiger partial charge is 0.272 e. The zero-order valence-corrected chi connectivity index (χ0v) is 23.4. The van der Waals surface area contributed by atoms with Crippen LogP contribution in [0.4, 0.5) is 17.3 Å². The number of carbonyl (C=O) groups excluding carboxylic acids is 1. The quantitative estimate of drug-likeness (QED) is 0.263. The van der Waals surface area contributed by atoms with Gasteiger partial charge in [-0.1, -0.05) is 18.1 Å². The van der Waals surface area contributed by atoms with E-state index < -0.39 is 0 Å². The van der Waals surface area contributed by atoms with Crippen molar-refractivity contribution in [1.29, 1.82) is 0 Å². The van der Waals surface area contributed by atoms with Gasteiger partial charge in [0, 0.05) is 55.9 Å². The molecule has 5 aromatic rings. The summed E-state index contributed by atoms with van der Waals surface area (Å²) in [6, 6.07) is 14.2. The van der Waals surface area contributed by atoms with Gasteiger partial charge in [0.25, 0.3) is 5.91 Å². The number of nitrogen functional groups attached to an aromatic ring is 1. The van der Waals surface area contributed by atoms with E-state index >= 15 is 0 Å². The Labute approximate surface area is 247 Å². The van der Waals surface area contributed by atoms with Gasteiger partial charge in [0.05, 0.1) is 17.9 Å². The van der Waals surface area contributed by atoms with E-state index in [0.29, 0.717) is 35.1 Å². The largest absolute Gasteiger partial charge is 0.507 e. The number of hydrogen-bond donors (Lipinski definition) is 3. The maximum atomic E-state index is 12.5. The molecule has 1 amide bonds. The van der Waals surface area contributed by atoms with Crippen LogP contribution in [0.2, 0.25) is 0 Å². The van der Waals surface area contributed by atoms with E-state index in [1.165, 1.54) is 0 Å². The molecular formula is C30H29N11O2. The number of nitrogens with one attached hydrogen (secondary N) is 1. The molecule has 1 aliphatic rings. The number of hydrogen-bond acceptors (Lipinski definition) is 11. The highest BCUT2D eigenvalue weighted by molar-refractivity contribution is 5.93. The lowest BCUT2D eigenvalue weighted by Crippen LogP contribution is -2.40. The van der Waals surface area contributed by atoms with Gasteiger partial charge < -0.3 is 26.0 Å². The van der Waals surface area contributed by atoms with Crippen LogP contribution in [0.5, 0.6) is 5.75 Å². The van der Waals surface area contributed by atoms with Crippen molar-refractivity contribution >= 4 is 28.9 Å². The summed E-state index contributed by atoms with van der Waals surface area (Å²) in [5.41, 5.74) is 9.05. The topological polar surface area (TPSA) is 164 Å². The first kappa shape index (κ1) is 27.4. The van der Waals surface area contributed by atoms with Crippen LogP contribution in [0.15, 0.2) is 67.1 Å². The number of nitrogens with two attached hydrogens (primary N) is 1. The normalized spacial score (nSPS) is 15.0. The number of rotatable bonds is 5. The molecule has 0 spiro atoms. The number of anilines is 3. The molecule has 0 saturated carbocycles. The summed E-state index contributed by atoms with van der Waals surface area (Å²) in [5.74, 6) is 7.13. The third-order valence-electron chi connectivity index (χ3n) is 7.11. The third kappa shape index (κ3) is 5.98. The Morgan fingerprint density at radius 1 is 1.12 bits per heavy atom. The Kier molecular flexibility index (Phi) is 7.64. The molecule has 4 N–H and O–H groups in total. The Balaban J connectivity index is 1.12. The first-order chi connectivity index (χ1) is 21.0. The molecule has 5 heterocycles. The summed E-state index contributed by atoms with van der Waals surface area (Å²) in [4.78, 5) is 30.0. The van der Waals surface area contributed by atoms with Gasteiger partial charge in [-0.3, -0.25) is 4.79 Å². The van der Waals surface area contributed by atoms with E-state index in [0.717, 1.165) is 31.0 Å². The van der Waals surface area contributed by atoms with Gasteiger partial charge in [0.2, 0.25) is 5.82 Å². The molecule has 1 aromatic carbocycles. The molecule has 13 heteroatoms. The molecule has 0 aliphatic carbocycles. The van der Waals surface area contributed by atoms with Crippen LogP contribution < -0.4 is 20.9 Å². The first-order valence-corrected chi connectivity index (χ1v) is 13.8. The van der Waals surface area contributed by atoms with Gasteiger partial charge in [-0.05, 0) is 49.6 Å². The lowest BCUT2D eigenvalue weighted by atomic mass is 10.1. The fourth-order valence-corrected chi connectivity index (χ4v) is 5.04. The molecule has 1 aliphatic heterocycles. The highest BCUT2D eigenvalue weighted by Gasteiger charge is 2.25. The minimum absolute atomic E-state index is 0.0820. The summed E-state index contributed by atoms with van der Waals surface area (Å²) >= 11 is 0. The molecule has 1 saturated heterocycles. The zero-order chi connectivity index (χ0) is 29.8. The predicted molar refractivity (Wildman–Crippen MR) is 161 cm³/mol. The van der Waals surface area contributed by atoms with Crippen LogP contribution in [0.3, 0.4) is 0 Å². The molecule has 0 unspecified atom stereocenters. The van der Waals surface area contributed by atoms with Crippen molar-refractivity contribution in [1.82, 2.24) is 40.1 Å². The van der Waals surface area contributed by atoms with E-state index in [2.05, 4.69) is 64.1 Å². The molecule has 216 valence electrons. The van der Waals surface area contributed by atoms with Crippen molar-refractivity contribution in [3.8, 4) is 28.8 Å². The van der Waals surface area contributed by atoms with Gasteiger partial charge in [0.15, 0.2) is 17.2 Å². The second-order valence-electron chi connectivity index (χ2n) is 10.0. The van der Waals surface area contributed by atoms with Crippen molar-refractivity contribution in [2.45, 2.75) is 19.4 Å². The number of aromatic hydroxyl groups is 1. The highest BCUT2D eigenvalue weighted by Crippen LogP contribution is 2.32. The number of phenolic OH excluding ortho intramolecular Hbond substituents is 1. The summed E-state index contributed by atoms with van der Waals surface area (Å²) in [6.45, 7) is 4.45. The minimum Gasteiger partial charge on any atom is -0.507 e. The van der Waals surface area contributed by atoms with Gasteiger partial charge in [0.1, 0.15) is 11.6 Å². The molecule has 1 atom stereocenters. The molecule has 43 heavy (non-hydrogen) atoms. The lowest BCUT2D eigenvalue weighted by Gasteiger charge is -2.31. The first-order valence-electron chi connectivity index (χ1n) is 13.8. The van der Waals surface area contributed by atoms with Crippen molar-refractivity contribution < 1.29 is 9.90 Å². The van der Waals surface area contributed by atoms with Crippen molar-refractivity contribution in [3.05, 3.63) is 78.6 Å². The van der Waals surface area contributed by atoms with E-state index in [9.17, 15) is 9.90 Å². The fourth-order valence-electron chi connectivity index (χ4n) is 5.04. The predicted octanol–water partition coefficient (Wildman–Crippen LogP) is 2.15. The van der Waals surface area contributed by atoms with Crippen molar-refractivity contribution in [3.63, 3.8) is 0 Å². The van der Waals surface area contributed by atoms with E-state index in [-0.39, 0.29) is 29.9 Å². The maximum Gasteiger partial charge on any atom is 0.272 e. The van der Waals surface area contributed by atoms with Gasteiger partial charge in [-0.15, -0.1) is 10.2 Å². The zero-order valence-electron chi connectivity index (χ0n) is 23.4. The molecule has 4 aromatic heterocycles. The highest BCUT2D eigenvalue weighted by atomic mass is 16.3. The molecule has 0 bridgehead atoms. The Morgan fingerprint density at radius 3 is 2.86 bits per heavy atom. The second kappa shape index (κ2) is 12.0. The minimum atomic E-state index is -0.338. The Hall–Kier alpha value is -5.77. The SMILES string of the molecule is C[C@@H]1CN(c2cc(-c3ccccc3O)nnc2N)CCCN1c1ccnc(C#CCNC(=O)c2cc3ncccn3n2)n1. The lowest BCUT2D eigenvalue weighted by molar-refractivity contribution is 0.0953. The van der Waals surface area contributed by atoms with Gasteiger partial charge in [-0.2, -0.15) is 5.10 Å². The molecule has 6 rings (SSSR count). The number of aromatic nitrogens is 7. The van der Waals surface area contributed by atoms with E-state index in [1.54, 1.807) is 53.4 Å². The number of benzene rings is 1. The van der Waals surface area contributed by atoms with Crippen LogP contribution in [-0.2, 0) is 0 Å². The average Bonchev–Trinajstić information content (AvgIpc) is 3.37. The van der Waals surface area contributed by atoms with Gasteiger partial charge >= 0.3 is 0 Å². The van der Waals surface area contributed by atoms with Crippen molar-refractivity contribution in [2.75, 3.05) is 41.7 Å². The number of carbonyl (C=O) groups is 1. The summed E-state index contributed by atoms with van der Waals surface area (Å²) in [6.07, 6.45) is 5.91. The third-order valence-corrected chi connectivity index (χ3v) is 7.11. The van der Waals surface area contributed by atoms with E-state index in [4.69, 9.17) is 5.73 Å². The summed E-state index contributed by atoms with van der Waals surface area (Å²) < 4.78 is 1.54. The monoisotopic (exact) mass is 575 g/mol. The second-order valence-corrected chi connectivity index (χ2v) is 10.0. The summed E-state index contributed by atoms with van der Waals surface area (Å²) in [5, 5.41) is 25.7. The standard InChI is InChI=1S/C30H29N11O2/c1-20-19-39(24-17-22(36-37-29(24)31)21-7-2-3-8-25(21)42)14-6-15-40(20)27-10-13-32-26(35-27)9-4-11-34-30(43)23-18-28-33-12-5-16-41(28)38-23/h2-3,5,7-8,10,12-13,16-18,20,42H,6,11,14-15,19H2,1H3,(H2,31,37)(H,34,43)/t20-/m1/s1. The molecule has 0 radical (unpaired) electrons. The number of phenols is 1. The summed E-state index contributed by atoms with van der Waals surface area (Å²) in [7, 11) is 0. The number of para-hydroxylation sites is 1. The number of nitrogens with zero attached hydrogens (tertiary/aromatic N) is 9. The number of fused-ring (bicyclic) bond motifs is 1. The van der Waals surface area contributed by atoms with Crippen LogP contribution >= 0.6 is 0 Å². The van der Waals surface area contributed by atoms with E-state index in [1.807, 2.05) is 18.2 Å². The van der Waals surface area contributed by atoms with Crippen LogP contribution in [-0.4, -0.2) is 78.0 Å². The molecule has 13 nitrogen and oxygen atoms in total.